The number of fused-ring (bicyclic) bond motifs is 1. The van der Waals surface area contributed by atoms with Gasteiger partial charge in [-0.05, 0) is 48.2 Å². The third-order valence-corrected chi connectivity index (χ3v) is 7.04. The van der Waals surface area contributed by atoms with Crippen LogP contribution in [0.1, 0.15) is 51.9 Å². The number of carbonyl (C=O) groups excluding carboxylic acids is 2. The standard InChI is InChI=1S/C24H17F6N5O2S/c25-12-5-3-10(4-6-12)13-7-16(24(28,29)30)32-23-18(13)19(20(38-23)22(31)37)33-17(36)9-35-15(21(26)27)8-14(34-35)11-1-2-11/h3-8,11,21H,1-2,9H2,(H2,31,37)(H,33,36). The first-order chi connectivity index (χ1) is 17.9. The Kier molecular flexibility index (Phi) is 6.37. The first-order valence-corrected chi connectivity index (χ1v) is 12.0. The minimum absolute atomic E-state index is 0.0371. The summed E-state index contributed by atoms with van der Waals surface area (Å²) < 4.78 is 82.3. The van der Waals surface area contributed by atoms with E-state index in [1.807, 2.05) is 0 Å². The van der Waals surface area contributed by atoms with E-state index in [-0.39, 0.29) is 37.8 Å². The summed E-state index contributed by atoms with van der Waals surface area (Å²) in [5.74, 6) is -2.51. The van der Waals surface area contributed by atoms with Crippen molar-refractivity contribution in [2.75, 3.05) is 5.32 Å². The normalized spacial score (nSPS) is 13.9. The molecule has 0 saturated heterocycles. The minimum Gasteiger partial charge on any atom is -0.365 e. The highest BCUT2D eigenvalue weighted by Crippen LogP contribution is 2.44. The van der Waals surface area contributed by atoms with E-state index in [0.29, 0.717) is 23.1 Å². The summed E-state index contributed by atoms with van der Waals surface area (Å²) in [7, 11) is 0. The molecule has 0 unspecified atom stereocenters. The Labute approximate surface area is 214 Å². The maximum atomic E-state index is 13.6. The van der Waals surface area contributed by atoms with E-state index in [2.05, 4.69) is 15.4 Å². The SMILES string of the molecule is NC(=O)c1sc2nc(C(F)(F)F)cc(-c3ccc(F)cc3)c2c1NC(=O)Cn1nc(C2CC2)cc1C(F)F. The molecule has 3 aromatic heterocycles. The molecule has 1 aliphatic rings. The summed E-state index contributed by atoms with van der Waals surface area (Å²) in [6.07, 6.45) is -6.16. The number of nitrogens with one attached hydrogen (secondary N) is 1. The number of nitrogens with zero attached hydrogens (tertiary/aromatic N) is 3. The summed E-state index contributed by atoms with van der Waals surface area (Å²) in [4.78, 5) is 28.2. The molecular formula is C24H17F6N5O2S. The van der Waals surface area contributed by atoms with Gasteiger partial charge >= 0.3 is 6.18 Å². The summed E-state index contributed by atoms with van der Waals surface area (Å²) in [6.45, 7) is -0.651. The van der Waals surface area contributed by atoms with E-state index in [1.54, 1.807) is 0 Å². The van der Waals surface area contributed by atoms with Crippen molar-refractivity contribution in [3.63, 3.8) is 0 Å². The number of benzene rings is 1. The molecule has 0 spiro atoms. The maximum Gasteiger partial charge on any atom is 0.433 e. The smallest absolute Gasteiger partial charge is 0.365 e. The average Bonchev–Trinajstić information content (AvgIpc) is 3.50. The lowest BCUT2D eigenvalue weighted by Crippen LogP contribution is -2.22. The molecule has 4 aromatic rings. The van der Waals surface area contributed by atoms with E-state index in [0.717, 1.165) is 29.7 Å². The number of aromatic nitrogens is 3. The Morgan fingerprint density at radius 2 is 1.84 bits per heavy atom. The summed E-state index contributed by atoms with van der Waals surface area (Å²) in [6, 6.07) is 6.49. The van der Waals surface area contributed by atoms with E-state index >= 15 is 0 Å². The molecule has 0 aliphatic heterocycles. The Balaban J connectivity index is 1.61. The zero-order valence-electron chi connectivity index (χ0n) is 19.2. The van der Waals surface area contributed by atoms with Gasteiger partial charge in [0.1, 0.15) is 33.5 Å². The number of carbonyl (C=O) groups is 2. The van der Waals surface area contributed by atoms with Crippen LogP contribution in [-0.4, -0.2) is 26.6 Å². The van der Waals surface area contributed by atoms with Crippen molar-refractivity contribution >= 4 is 39.1 Å². The molecule has 198 valence electrons. The molecule has 0 atom stereocenters. The van der Waals surface area contributed by atoms with Crippen LogP contribution >= 0.6 is 11.3 Å². The van der Waals surface area contributed by atoms with Crippen molar-refractivity contribution in [3.05, 3.63) is 64.2 Å². The van der Waals surface area contributed by atoms with Gasteiger partial charge in [0.25, 0.3) is 12.3 Å². The van der Waals surface area contributed by atoms with Gasteiger partial charge in [0.15, 0.2) is 0 Å². The number of primary amides is 1. The fourth-order valence-electron chi connectivity index (χ4n) is 4.04. The van der Waals surface area contributed by atoms with Crippen molar-refractivity contribution in [1.82, 2.24) is 14.8 Å². The predicted octanol–water partition coefficient (Wildman–Crippen LogP) is 5.87. The summed E-state index contributed by atoms with van der Waals surface area (Å²) >= 11 is 0.530. The number of rotatable bonds is 7. The number of halogens is 6. The Morgan fingerprint density at radius 1 is 1.16 bits per heavy atom. The largest absolute Gasteiger partial charge is 0.433 e. The molecule has 38 heavy (non-hydrogen) atoms. The van der Waals surface area contributed by atoms with Crippen LogP contribution < -0.4 is 11.1 Å². The van der Waals surface area contributed by atoms with E-state index in [4.69, 9.17) is 5.73 Å². The van der Waals surface area contributed by atoms with Gasteiger partial charge in [-0.1, -0.05) is 12.1 Å². The van der Waals surface area contributed by atoms with Gasteiger partial charge in [-0.25, -0.2) is 18.2 Å². The highest BCUT2D eigenvalue weighted by molar-refractivity contribution is 7.21. The topological polar surface area (TPSA) is 103 Å². The number of hydrogen-bond donors (Lipinski definition) is 2. The first-order valence-electron chi connectivity index (χ1n) is 11.2. The van der Waals surface area contributed by atoms with Gasteiger partial charge in [-0.2, -0.15) is 18.3 Å². The molecule has 1 aromatic carbocycles. The van der Waals surface area contributed by atoms with Gasteiger partial charge in [0.05, 0.1) is 11.4 Å². The van der Waals surface area contributed by atoms with Crippen LogP contribution in [0, 0.1) is 5.82 Å². The van der Waals surface area contributed by atoms with E-state index < -0.39 is 48.2 Å². The average molecular weight is 553 g/mol. The van der Waals surface area contributed by atoms with E-state index in [1.165, 1.54) is 18.2 Å². The molecular weight excluding hydrogens is 536 g/mol. The minimum atomic E-state index is -4.85. The maximum absolute atomic E-state index is 13.6. The van der Waals surface area contributed by atoms with Crippen LogP contribution in [-0.2, 0) is 17.5 Å². The van der Waals surface area contributed by atoms with Gasteiger partial charge < -0.3 is 11.1 Å². The number of nitrogens with two attached hydrogens (primary N) is 1. The van der Waals surface area contributed by atoms with Crippen molar-refractivity contribution in [2.45, 2.75) is 37.9 Å². The Bertz CT molecular complexity index is 1560. The third kappa shape index (κ3) is 4.95. The number of hydrogen-bond acceptors (Lipinski definition) is 5. The second-order valence-electron chi connectivity index (χ2n) is 8.69. The van der Waals surface area contributed by atoms with Crippen molar-refractivity contribution in [1.29, 1.82) is 0 Å². The van der Waals surface area contributed by atoms with Gasteiger partial charge in [0.2, 0.25) is 5.91 Å². The van der Waals surface area contributed by atoms with Crippen LogP contribution in [0.25, 0.3) is 21.3 Å². The zero-order chi connectivity index (χ0) is 27.4. The lowest BCUT2D eigenvalue weighted by Gasteiger charge is -2.13. The third-order valence-electron chi connectivity index (χ3n) is 5.94. The quantitative estimate of drug-likeness (QED) is 0.280. The van der Waals surface area contributed by atoms with Gasteiger partial charge in [-0.15, -0.1) is 11.3 Å². The van der Waals surface area contributed by atoms with Crippen LogP contribution in [0.15, 0.2) is 36.4 Å². The molecule has 7 nitrogen and oxygen atoms in total. The number of pyridine rings is 1. The summed E-state index contributed by atoms with van der Waals surface area (Å²) in [5.41, 5.74) is 3.98. The molecule has 3 heterocycles. The fraction of sp³-hybridized carbons (Fsp3) is 0.250. The molecule has 14 heteroatoms. The molecule has 2 amide bonds. The van der Waals surface area contributed by atoms with Gasteiger partial charge in [-0.3, -0.25) is 14.3 Å². The molecule has 1 aliphatic carbocycles. The molecule has 3 N–H and O–H groups in total. The van der Waals surface area contributed by atoms with Crippen molar-refractivity contribution in [3.8, 4) is 11.1 Å². The Morgan fingerprint density at radius 3 is 2.42 bits per heavy atom. The molecule has 0 bridgehead atoms. The fourth-order valence-corrected chi connectivity index (χ4v) is 5.05. The molecule has 5 rings (SSSR count). The highest BCUT2D eigenvalue weighted by atomic mass is 32.1. The lowest BCUT2D eigenvalue weighted by atomic mass is 10.0. The van der Waals surface area contributed by atoms with Crippen LogP contribution in [0.3, 0.4) is 0 Å². The van der Waals surface area contributed by atoms with Crippen LogP contribution in [0.4, 0.5) is 32.0 Å². The van der Waals surface area contributed by atoms with Crippen molar-refractivity contribution < 1.29 is 35.9 Å². The zero-order valence-corrected chi connectivity index (χ0v) is 20.0. The molecule has 0 radical (unpaired) electrons. The Hall–Kier alpha value is -3.94. The van der Waals surface area contributed by atoms with Crippen molar-refractivity contribution in [2.24, 2.45) is 5.73 Å². The monoisotopic (exact) mass is 553 g/mol. The number of amides is 2. The highest BCUT2D eigenvalue weighted by Gasteiger charge is 2.35. The predicted molar refractivity (Wildman–Crippen MR) is 126 cm³/mol. The summed E-state index contributed by atoms with van der Waals surface area (Å²) in [5, 5.41) is 6.50. The molecule has 1 saturated carbocycles. The van der Waals surface area contributed by atoms with Crippen LogP contribution in [0.5, 0.6) is 0 Å². The number of anilines is 1. The second kappa shape index (κ2) is 9.42. The van der Waals surface area contributed by atoms with E-state index in [9.17, 15) is 35.9 Å². The van der Waals surface area contributed by atoms with Gasteiger partial charge in [0, 0.05) is 11.3 Å². The first kappa shape index (κ1) is 25.7. The molecule has 1 fully saturated rings. The number of alkyl halides is 5. The number of thiophene rings is 1. The van der Waals surface area contributed by atoms with Crippen LogP contribution in [0.2, 0.25) is 0 Å². The second-order valence-corrected chi connectivity index (χ2v) is 9.68. The lowest BCUT2D eigenvalue weighted by molar-refractivity contribution is -0.140.